The minimum Gasteiger partial charge on any atom is -0.462 e. The zero-order valence-electron chi connectivity index (χ0n) is 21.6. The normalized spacial score (nSPS) is 50.8. The maximum absolute atomic E-state index is 12.7. The van der Waals surface area contributed by atoms with E-state index in [4.69, 9.17) is 4.74 Å². The summed E-state index contributed by atoms with van der Waals surface area (Å²) in [6.07, 6.45) is 6.68. The number of fused-ring (bicyclic) bond motifs is 5. The molecule has 0 aromatic rings. The van der Waals surface area contributed by atoms with E-state index in [1.165, 1.54) is 33.1 Å². The Morgan fingerprint density at radius 3 is 2.12 bits per heavy atom. The van der Waals surface area contributed by atoms with Gasteiger partial charge in [0.05, 0.1) is 12.0 Å². The van der Waals surface area contributed by atoms with Gasteiger partial charge in [-0.25, -0.2) is 0 Å². The van der Waals surface area contributed by atoms with Crippen LogP contribution in [0, 0.1) is 51.2 Å². The lowest BCUT2D eigenvalue weighted by Gasteiger charge is -2.71. The number of rotatable bonds is 3. The van der Waals surface area contributed by atoms with Gasteiger partial charge < -0.3 is 14.6 Å². The van der Waals surface area contributed by atoms with Crippen LogP contribution in [0.2, 0.25) is 0 Å². The number of aliphatic hydroxyl groups is 1. The minimum absolute atomic E-state index is 0.0108. The van der Waals surface area contributed by atoms with Gasteiger partial charge in [0.1, 0.15) is 18.2 Å². The van der Waals surface area contributed by atoms with Gasteiger partial charge in [0.15, 0.2) is 0 Å². The highest BCUT2D eigenvalue weighted by Gasteiger charge is 2.70. The summed E-state index contributed by atoms with van der Waals surface area (Å²) in [5.74, 6) is -0.924. The number of carbonyl (C=O) groups is 3. The Kier molecular flexibility index (Phi) is 5.95. The van der Waals surface area contributed by atoms with E-state index in [1.807, 2.05) is 6.92 Å². The van der Waals surface area contributed by atoms with Gasteiger partial charge in [-0.15, -0.1) is 0 Å². The van der Waals surface area contributed by atoms with Crippen molar-refractivity contribution in [1.29, 1.82) is 0 Å². The van der Waals surface area contributed by atoms with Crippen molar-refractivity contribution in [2.24, 2.45) is 51.2 Å². The molecule has 0 aromatic heterocycles. The number of esters is 1. The predicted octanol–water partition coefficient (Wildman–Crippen LogP) is 4.98. The number of hydrogen-bond donors (Lipinski definition) is 1. The van der Waals surface area contributed by atoms with Crippen molar-refractivity contribution in [3.8, 4) is 0 Å². The van der Waals surface area contributed by atoms with E-state index >= 15 is 0 Å². The zero-order chi connectivity index (χ0) is 24.6. The van der Waals surface area contributed by atoms with Gasteiger partial charge in [0.25, 0.3) is 0 Å². The van der Waals surface area contributed by atoms with Crippen LogP contribution in [0.3, 0.4) is 0 Å². The van der Waals surface area contributed by atoms with Crippen LogP contribution in [-0.2, 0) is 19.1 Å². The minimum atomic E-state index is -0.701. The molecule has 186 valence electrons. The van der Waals surface area contributed by atoms with Crippen LogP contribution in [0.5, 0.6) is 0 Å². The topological polar surface area (TPSA) is 80.7 Å². The summed E-state index contributed by atoms with van der Waals surface area (Å²) in [6.45, 7) is 14.5. The summed E-state index contributed by atoms with van der Waals surface area (Å²) in [7, 11) is 0. The molecular formula is C28H44O5. The van der Waals surface area contributed by atoms with Crippen molar-refractivity contribution in [3.05, 3.63) is 0 Å². The fourth-order valence-corrected chi connectivity index (χ4v) is 10.1. The fourth-order valence-electron chi connectivity index (χ4n) is 10.1. The molecule has 5 nitrogen and oxygen atoms in total. The third-order valence-corrected chi connectivity index (χ3v) is 11.5. The molecule has 0 unspecified atom stereocenters. The Bertz CT molecular complexity index is 834. The van der Waals surface area contributed by atoms with Crippen LogP contribution in [0.15, 0.2) is 0 Å². The molecule has 4 saturated carbocycles. The van der Waals surface area contributed by atoms with Crippen LogP contribution < -0.4 is 0 Å². The lowest BCUT2D eigenvalue weighted by Crippen LogP contribution is -2.69. The highest BCUT2D eigenvalue weighted by atomic mass is 16.5. The number of hydrogen-bond acceptors (Lipinski definition) is 5. The summed E-state index contributed by atoms with van der Waals surface area (Å²) in [4.78, 5) is 37.3. The molecule has 0 aliphatic heterocycles. The van der Waals surface area contributed by atoms with Crippen molar-refractivity contribution in [1.82, 2.24) is 0 Å². The number of aldehydes is 1. The lowest BCUT2D eigenvalue weighted by atomic mass is 9.34. The molecule has 0 heterocycles. The van der Waals surface area contributed by atoms with Crippen molar-refractivity contribution in [3.63, 3.8) is 0 Å². The maximum atomic E-state index is 12.7. The van der Waals surface area contributed by atoms with E-state index in [0.29, 0.717) is 24.7 Å². The first-order chi connectivity index (χ1) is 15.2. The van der Waals surface area contributed by atoms with E-state index < -0.39 is 35.4 Å². The monoisotopic (exact) mass is 460 g/mol. The van der Waals surface area contributed by atoms with Gasteiger partial charge in [-0.1, -0.05) is 41.0 Å². The number of Topliss-reactive ketones (excluding diaryl/α,β-unsaturated/α-hetero) is 1. The SMILES string of the molecule is CC(=O)O[C@@H]1C[C@H]2[C@]3(C)CC[C@@H]4C(C)(C)CCC[C@]4(C)[C@H]3C[C@H](O)[C@]2(C)[C@@H](C=O)[C@@H]1C(C)=O. The second-order valence-electron chi connectivity index (χ2n) is 13.3. The number of ketones is 1. The quantitative estimate of drug-likeness (QED) is 0.475. The highest BCUT2D eigenvalue weighted by molar-refractivity contribution is 5.83. The van der Waals surface area contributed by atoms with E-state index in [9.17, 15) is 19.5 Å². The predicted molar refractivity (Wildman–Crippen MR) is 126 cm³/mol. The first-order valence-electron chi connectivity index (χ1n) is 13.0. The van der Waals surface area contributed by atoms with Crippen molar-refractivity contribution in [2.75, 3.05) is 0 Å². The zero-order valence-corrected chi connectivity index (χ0v) is 21.6. The molecule has 10 atom stereocenters. The third kappa shape index (κ3) is 3.38. The van der Waals surface area contributed by atoms with Crippen LogP contribution in [-0.4, -0.2) is 35.4 Å². The van der Waals surface area contributed by atoms with Gasteiger partial charge in [0.2, 0.25) is 0 Å². The molecule has 4 fully saturated rings. The van der Waals surface area contributed by atoms with Crippen LogP contribution in [0.1, 0.15) is 93.4 Å². The van der Waals surface area contributed by atoms with Crippen LogP contribution in [0.25, 0.3) is 0 Å². The first kappa shape index (κ1) is 24.9. The molecule has 4 rings (SSSR count). The van der Waals surface area contributed by atoms with E-state index in [2.05, 4.69) is 27.7 Å². The third-order valence-electron chi connectivity index (χ3n) is 11.5. The van der Waals surface area contributed by atoms with Gasteiger partial charge in [-0.2, -0.15) is 0 Å². The molecule has 0 spiro atoms. The van der Waals surface area contributed by atoms with Crippen molar-refractivity contribution in [2.45, 2.75) is 106 Å². The summed E-state index contributed by atoms with van der Waals surface area (Å²) in [6, 6.07) is 0. The standard InChI is InChI=1S/C28H44O5/c1-16(30)24-18(15-29)28(7)22(13-19(24)33-17(2)31)27(6)12-9-20-25(3,4)10-8-11-26(20,5)21(27)14-23(28)32/h15,18-24,32H,8-14H2,1-7H3/t18-,19+,20+,21+,22-,23-,24-,26-,27+,28+/m0/s1. The molecule has 0 aromatic carbocycles. The summed E-state index contributed by atoms with van der Waals surface area (Å²) < 4.78 is 5.72. The number of carbonyl (C=O) groups excluding carboxylic acids is 3. The van der Waals surface area contributed by atoms with Gasteiger partial charge in [0, 0.05) is 18.3 Å². The fraction of sp³-hybridized carbons (Fsp3) is 0.893. The Hall–Kier alpha value is -1.23. The Morgan fingerprint density at radius 1 is 0.909 bits per heavy atom. The highest BCUT2D eigenvalue weighted by Crippen LogP contribution is 2.73. The van der Waals surface area contributed by atoms with E-state index in [0.717, 1.165) is 19.1 Å². The van der Waals surface area contributed by atoms with Crippen molar-refractivity contribution < 1.29 is 24.2 Å². The average Bonchev–Trinajstić information content (AvgIpc) is 2.69. The smallest absolute Gasteiger partial charge is 0.302 e. The largest absolute Gasteiger partial charge is 0.462 e. The molecule has 0 bridgehead atoms. The second-order valence-corrected chi connectivity index (χ2v) is 13.3. The van der Waals surface area contributed by atoms with E-state index in [1.54, 1.807) is 0 Å². The van der Waals surface area contributed by atoms with Crippen LogP contribution in [0.4, 0.5) is 0 Å². The second kappa shape index (κ2) is 7.90. The Balaban J connectivity index is 1.82. The molecule has 0 radical (unpaired) electrons. The molecule has 0 saturated heterocycles. The Morgan fingerprint density at radius 2 is 1.55 bits per heavy atom. The van der Waals surface area contributed by atoms with Crippen LogP contribution >= 0.6 is 0 Å². The van der Waals surface area contributed by atoms with Gasteiger partial charge >= 0.3 is 5.97 Å². The molecule has 4 aliphatic rings. The van der Waals surface area contributed by atoms with Gasteiger partial charge in [-0.3, -0.25) is 9.59 Å². The summed E-state index contributed by atoms with van der Waals surface area (Å²) >= 11 is 0. The maximum Gasteiger partial charge on any atom is 0.302 e. The summed E-state index contributed by atoms with van der Waals surface area (Å²) in [5, 5.41) is 11.7. The number of aliphatic hydroxyl groups excluding tert-OH is 1. The molecule has 4 aliphatic carbocycles. The van der Waals surface area contributed by atoms with Crippen molar-refractivity contribution >= 4 is 18.0 Å². The summed E-state index contributed by atoms with van der Waals surface area (Å²) in [5.41, 5.74) is -0.346. The lowest BCUT2D eigenvalue weighted by molar-refractivity contribution is -0.258. The van der Waals surface area contributed by atoms with Gasteiger partial charge in [-0.05, 0) is 79.4 Å². The molecule has 5 heteroatoms. The molecular weight excluding hydrogens is 416 g/mol. The molecule has 0 amide bonds. The first-order valence-corrected chi connectivity index (χ1v) is 13.0. The average molecular weight is 461 g/mol. The Labute approximate surface area is 199 Å². The number of ether oxygens (including phenoxy) is 1. The van der Waals surface area contributed by atoms with E-state index in [-0.39, 0.29) is 27.9 Å². The molecule has 1 N–H and O–H groups in total. The molecule has 33 heavy (non-hydrogen) atoms.